The second-order valence-corrected chi connectivity index (χ2v) is 5.84. The number of primary amides is 1. The third kappa shape index (κ3) is 3.23. The van der Waals surface area contributed by atoms with Gasteiger partial charge in [-0.3, -0.25) is 9.59 Å². The summed E-state index contributed by atoms with van der Waals surface area (Å²) < 4.78 is 10.9. The van der Waals surface area contributed by atoms with E-state index in [0.717, 1.165) is 0 Å². The van der Waals surface area contributed by atoms with E-state index in [2.05, 4.69) is 10.3 Å². The van der Waals surface area contributed by atoms with Gasteiger partial charge >= 0.3 is 11.8 Å². The Hall–Kier alpha value is -2.87. The number of ether oxygens (including phenoxy) is 1. The minimum atomic E-state index is -1.08. The molecule has 8 heteroatoms. The topological polar surface area (TPSA) is 133 Å². The fourth-order valence-electron chi connectivity index (χ4n) is 2.40. The minimum absolute atomic E-state index is 0.280. The van der Waals surface area contributed by atoms with Crippen LogP contribution in [-0.4, -0.2) is 30.5 Å². The van der Waals surface area contributed by atoms with Crippen molar-refractivity contribution in [2.45, 2.75) is 19.3 Å². The van der Waals surface area contributed by atoms with Crippen molar-refractivity contribution < 1.29 is 18.7 Å². The van der Waals surface area contributed by atoms with E-state index in [-0.39, 0.29) is 6.54 Å². The first-order valence-electron chi connectivity index (χ1n) is 7.23. The molecule has 0 radical (unpaired) electrons. The number of amides is 2. The number of nitrogens with one attached hydrogen (secondary N) is 1. The Balaban J connectivity index is 2.68. The van der Waals surface area contributed by atoms with E-state index in [1.807, 2.05) is 13.8 Å². The largest absolute Gasteiger partial charge is 0.496 e. The zero-order chi connectivity index (χ0) is 17.9. The third-order valence-electron chi connectivity index (χ3n) is 3.72. The van der Waals surface area contributed by atoms with E-state index in [4.69, 9.17) is 20.6 Å². The number of hydrogen-bond acceptors (Lipinski definition) is 6. The summed E-state index contributed by atoms with van der Waals surface area (Å²) in [4.78, 5) is 26.7. The highest BCUT2D eigenvalue weighted by Gasteiger charge is 2.30. The maximum atomic E-state index is 11.7. The molecule has 24 heavy (non-hydrogen) atoms. The first-order chi connectivity index (χ1) is 11.3. The van der Waals surface area contributed by atoms with Crippen LogP contribution in [0.25, 0.3) is 11.3 Å². The number of aromatic nitrogens is 1. The lowest BCUT2D eigenvalue weighted by molar-refractivity contribution is -0.134. The molecule has 0 aliphatic carbocycles. The summed E-state index contributed by atoms with van der Waals surface area (Å²) in [5.74, 6) is -1.01. The number of methoxy groups -OCH3 is 1. The van der Waals surface area contributed by atoms with E-state index >= 15 is 0 Å². The zero-order valence-corrected chi connectivity index (χ0v) is 13.8. The number of hydrogen-bond donors (Lipinski definition) is 3. The maximum absolute atomic E-state index is 11.7. The fourth-order valence-corrected chi connectivity index (χ4v) is 2.40. The molecule has 0 saturated carbocycles. The molecule has 2 amide bonds. The van der Waals surface area contributed by atoms with E-state index in [0.29, 0.717) is 28.3 Å². The Kier molecular flexibility index (Phi) is 4.89. The van der Waals surface area contributed by atoms with Gasteiger partial charge in [0.2, 0.25) is 0 Å². The summed E-state index contributed by atoms with van der Waals surface area (Å²) >= 11 is 0. The average Bonchev–Trinajstić information content (AvgIpc) is 3.08. The molecule has 5 N–H and O–H groups in total. The molecule has 0 bridgehead atoms. The van der Waals surface area contributed by atoms with Crippen LogP contribution in [0.5, 0.6) is 5.75 Å². The van der Waals surface area contributed by atoms with Crippen molar-refractivity contribution in [2.24, 2.45) is 11.5 Å². The summed E-state index contributed by atoms with van der Waals surface area (Å²) in [5, 5.41) is 2.50. The summed E-state index contributed by atoms with van der Waals surface area (Å²) in [5.41, 5.74) is 12.1. The van der Waals surface area contributed by atoms with E-state index in [9.17, 15) is 9.59 Å². The van der Waals surface area contributed by atoms with Crippen LogP contribution in [0.3, 0.4) is 0 Å². The Morgan fingerprint density at radius 2 is 2.08 bits per heavy atom. The molecule has 0 aliphatic rings. The molecule has 2 rings (SSSR count). The molecule has 0 fully saturated rings. The Morgan fingerprint density at radius 3 is 2.58 bits per heavy atom. The Morgan fingerprint density at radius 1 is 1.38 bits per heavy atom. The molecule has 0 spiro atoms. The van der Waals surface area contributed by atoms with Gasteiger partial charge in [-0.1, -0.05) is 13.8 Å². The molecule has 0 atom stereocenters. The van der Waals surface area contributed by atoms with Gasteiger partial charge < -0.3 is 25.9 Å². The van der Waals surface area contributed by atoms with Gasteiger partial charge in [0.1, 0.15) is 5.75 Å². The molecule has 0 aliphatic heterocycles. The lowest BCUT2D eigenvalue weighted by atomic mass is 9.81. The predicted octanol–water partition coefficient (Wildman–Crippen LogP) is 1.01. The summed E-state index contributed by atoms with van der Waals surface area (Å²) in [6.45, 7) is 4.08. The highest BCUT2D eigenvalue weighted by molar-refractivity contribution is 6.39. The first kappa shape index (κ1) is 17.5. The highest BCUT2D eigenvalue weighted by atomic mass is 16.5. The van der Waals surface area contributed by atoms with Crippen LogP contribution in [0.1, 0.15) is 19.4 Å². The van der Waals surface area contributed by atoms with Crippen molar-refractivity contribution in [3.05, 3.63) is 30.3 Å². The number of nitrogens with two attached hydrogens (primary N) is 2. The number of carbonyl (C=O) groups is 2. The number of nitrogens with zero attached hydrogens (tertiary/aromatic N) is 1. The molecular formula is C16H20N4O4. The molecule has 1 heterocycles. The van der Waals surface area contributed by atoms with Crippen molar-refractivity contribution >= 4 is 17.5 Å². The van der Waals surface area contributed by atoms with Crippen molar-refractivity contribution in [1.29, 1.82) is 0 Å². The summed E-state index contributed by atoms with van der Waals surface area (Å²) in [6, 6.07) is 3.35. The lowest BCUT2D eigenvalue weighted by Gasteiger charge is -2.29. The summed E-state index contributed by atoms with van der Waals surface area (Å²) in [6.07, 6.45) is 2.87. The van der Waals surface area contributed by atoms with Gasteiger partial charge in [-0.05, 0) is 12.1 Å². The smallest absolute Gasteiger partial charge is 0.313 e. The van der Waals surface area contributed by atoms with Gasteiger partial charge in [0, 0.05) is 23.2 Å². The van der Waals surface area contributed by atoms with Gasteiger partial charge in [-0.2, -0.15) is 0 Å². The van der Waals surface area contributed by atoms with Crippen LogP contribution in [0.15, 0.2) is 29.1 Å². The molecule has 1 aromatic carbocycles. The molecule has 0 unspecified atom stereocenters. The van der Waals surface area contributed by atoms with Gasteiger partial charge in [0.05, 0.1) is 18.9 Å². The number of carbonyl (C=O) groups excluding carboxylic acids is 2. The van der Waals surface area contributed by atoms with Crippen LogP contribution in [-0.2, 0) is 15.0 Å². The first-order valence-corrected chi connectivity index (χ1v) is 7.23. The average molecular weight is 332 g/mol. The quantitative estimate of drug-likeness (QED) is 0.700. The van der Waals surface area contributed by atoms with Crippen LogP contribution in [0.4, 0.5) is 5.69 Å². The second-order valence-electron chi connectivity index (χ2n) is 5.84. The van der Waals surface area contributed by atoms with Gasteiger partial charge in [0.25, 0.3) is 0 Å². The van der Waals surface area contributed by atoms with Crippen LogP contribution in [0, 0.1) is 0 Å². The SMILES string of the molecule is COc1c(-c2cnco2)ccc(NC(=O)C(N)=O)c1C(C)(C)CN. The fraction of sp³-hybridized carbons (Fsp3) is 0.312. The normalized spacial score (nSPS) is 11.2. The molecule has 0 saturated heterocycles. The predicted molar refractivity (Wildman–Crippen MR) is 88.4 cm³/mol. The molecule has 8 nitrogen and oxygen atoms in total. The molecule has 1 aromatic heterocycles. The van der Waals surface area contributed by atoms with Crippen molar-refractivity contribution in [3.8, 4) is 17.1 Å². The van der Waals surface area contributed by atoms with Crippen molar-refractivity contribution in [2.75, 3.05) is 19.0 Å². The number of rotatable bonds is 5. The molecule has 128 valence electrons. The molecular weight excluding hydrogens is 312 g/mol. The van der Waals surface area contributed by atoms with Crippen LogP contribution >= 0.6 is 0 Å². The number of benzene rings is 1. The second kappa shape index (κ2) is 6.71. The van der Waals surface area contributed by atoms with Gasteiger partial charge in [-0.25, -0.2) is 4.98 Å². The van der Waals surface area contributed by atoms with Gasteiger partial charge in [0.15, 0.2) is 12.2 Å². The minimum Gasteiger partial charge on any atom is -0.496 e. The van der Waals surface area contributed by atoms with Crippen LogP contribution < -0.4 is 21.5 Å². The monoisotopic (exact) mass is 332 g/mol. The number of oxazole rings is 1. The maximum Gasteiger partial charge on any atom is 0.313 e. The highest BCUT2D eigenvalue weighted by Crippen LogP contribution is 2.43. The van der Waals surface area contributed by atoms with Crippen molar-refractivity contribution in [1.82, 2.24) is 4.98 Å². The standard InChI is InChI=1S/C16H20N4O4/c1-16(2,7-17)12-10(20-15(22)14(18)21)5-4-9(13(12)23-3)11-6-19-8-24-11/h4-6,8H,7,17H2,1-3H3,(H2,18,21)(H,20,22). The third-order valence-corrected chi connectivity index (χ3v) is 3.72. The van der Waals surface area contributed by atoms with E-state index in [1.54, 1.807) is 18.3 Å². The Labute approximate surface area is 139 Å². The van der Waals surface area contributed by atoms with Crippen LogP contribution in [0.2, 0.25) is 0 Å². The Bertz CT molecular complexity index is 754. The summed E-state index contributed by atoms with van der Waals surface area (Å²) in [7, 11) is 1.50. The molecule has 2 aromatic rings. The number of anilines is 1. The van der Waals surface area contributed by atoms with E-state index < -0.39 is 17.2 Å². The zero-order valence-electron chi connectivity index (χ0n) is 13.8. The lowest BCUT2D eigenvalue weighted by Crippen LogP contribution is -2.33. The van der Waals surface area contributed by atoms with Crippen molar-refractivity contribution in [3.63, 3.8) is 0 Å². The van der Waals surface area contributed by atoms with E-state index in [1.165, 1.54) is 13.5 Å². The van der Waals surface area contributed by atoms with Gasteiger partial charge in [-0.15, -0.1) is 0 Å².